The van der Waals surface area contributed by atoms with E-state index in [1.807, 2.05) is 20.9 Å². The first kappa shape index (κ1) is 14.6. The van der Waals surface area contributed by atoms with Crippen molar-refractivity contribution in [1.29, 1.82) is 0 Å². The second-order valence-corrected chi connectivity index (χ2v) is 5.83. The standard InChI is InChI=1S/C14H21N3O3/c1-9-11(10(2)16(4)15-9)12(18)17-7-5-14(3,6-8-17)13(19)20/h5-8H2,1-4H3,(H,19,20). The number of amides is 1. The number of aliphatic carboxylic acids is 1. The smallest absolute Gasteiger partial charge is 0.309 e. The molecule has 0 saturated carbocycles. The summed E-state index contributed by atoms with van der Waals surface area (Å²) in [7, 11) is 1.82. The quantitative estimate of drug-likeness (QED) is 0.887. The summed E-state index contributed by atoms with van der Waals surface area (Å²) in [6, 6.07) is 0. The van der Waals surface area contributed by atoms with Crippen LogP contribution in [0.1, 0.15) is 41.5 Å². The minimum atomic E-state index is -0.779. The van der Waals surface area contributed by atoms with Crippen molar-refractivity contribution in [3.8, 4) is 0 Å². The van der Waals surface area contributed by atoms with Gasteiger partial charge < -0.3 is 10.0 Å². The molecule has 1 aliphatic heterocycles. The lowest BCUT2D eigenvalue weighted by molar-refractivity contribution is -0.150. The van der Waals surface area contributed by atoms with Gasteiger partial charge in [-0.25, -0.2) is 0 Å². The highest BCUT2D eigenvalue weighted by Crippen LogP contribution is 2.32. The van der Waals surface area contributed by atoms with Crippen LogP contribution in [-0.4, -0.2) is 44.8 Å². The van der Waals surface area contributed by atoms with Crippen molar-refractivity contribution in [3.05, 3.63) is 17.0 Å². The summed E-state index contributed by atoms with van der Waals surface area (Å²) in [5.74, 6) is -0.820. The van der Waals surface area contributed by atoms with Crippen LogP contribution in [0.15, 0.2) is 0 Å². The molecule has 0 radical (unpaired) electrons. The van der Waals surface area contributed by atoms with E-state index >= 15 is 0 Å². The fraction of sp³-hybridized carbons (Fsp3) is 0.643. The molecule has 6 nitrogen and oxygen atoms in total. The average Bonchev–Trinajstić information content (AvgIpc) is 2.63. The van der Waals surface area contributed by atoms with Gasteiger partial charge in [-0.1, -0.05) is 0 Å². The Morgan fingerprint density at radius 3 is 2.20 bits per heavy atom. The number of rotatable bonds is 2. The van der Waals surface area contributed by atoms with Crippen LogP contribution in [-0.2, 0) is 11.8 Å². The highest BCUT2D eigenvalue weighted by molar-refractivity contribution is 5.96. The second kappa shape index (κ2) is 4.92. The van der Waals surface area contributed by atoms with Crippen LogP contribution in [0.25, 0.3) is 0 Å². The Hall–Kier alpha value is -1.85. The molecule has 0 spiro atoms. The molecule has 1 N–H and O–H groups in total. The highest BCUT2D eigenvalue weighted by atomic mass is 16.4. The first-order chi connectivity index (χ1) is 9.26. The zero-order valence-electron chi connectivity index (χ0n) is 12.4. The topological polar surface area (TPSA) is 75.4 Å². The highest BCUT2D eigenvalue weighted by Gasteiger charge is 2.38. The molecule has 6 heteroatoms. The Bertz CT molecular complexity index is 554. The maximum absolute atomic E-state index is 12.6. The van der Waals surface area contributed by atoms with E-state index in [9.17, 15) is 14.7 Å². The molecule has 20 heavy (non-hydrogen) atoms. The molecule has 1 saturated heterocycles. The molecule has 0 aromatic carbocycles. The maximum atomic E-state index is 12.6. The number of hydrogen-bond donors (Lipinski definition) is 1. The zero-order valence-corrected chi connectivity index (χ0v) is 12.4. The van der Waals surface area contributed by atoms with Gasteiger partial charge in [0.1, 0.15) is 0 Å². The van der Waals surface area contributed by atoms with Gasteiger partial charge in [-0.15, -0.1) is 0 Å². The van der Waals surface area contributed by atoms with Gasteiger partial charge in [-0.05, 0) is 33.6 Å². The lowest BCUT2D eigenvalue weighted by Gasteiger charge is -2.36. The van der Waals surface area contributed by atoms with Crippen molar-refractivity contribution in [2.24, 2.45) is 12.5 Å². The number of hydrogen-bond acceptors (Lipinski definition) is 3. The summed E-state index contributed by atoms with van der Waals surface area (Å²) in [6.45, 7) is 6.41. The van der Waals surface area contributed by atoms with Crippen LogP contribution in [0.4, 0.5) is 0 Å². The van der Waals surface area contributed by atoms with E-state index in [0.29, 0.717) is 31.5 Å². The summed E-state index contributed by atoms with van der Waals surface area (Å²) in [4.78, 5) is 25.5. The van der Waals surface area contributed by atoms with Gasteiger partial charge in [0.15, 0.2) is 0 Å². The molecule has 2 heterocycles. The van der Waals surface area contributed by atoms with Crippen molar-refractivity contribution in [2.45, 2.75) is 33.6 Å². The molecule has 0 unspecified atom stereocenters. The molecular formula is C14H21N3O3. The number of piperidine rings is 1. The molecule has 1 aromatic heterocycles. The molecular weight excluding hydrogens is 258 g/mol. The first-order valence-electron chi connectivity index (χ1n) is 6.79. The van der Waals surface area contributed by atoms with Gasteiger partial charge in [0.05, 0.1) is 16.7 Å². The van der Waals surface area contributed by atoms with Gasteiger partial charge in [0.2, 0.25) is 0 Å². The summed E-state index contributed by atoms with van der Waals surface area (Å²) >= 11 is 0. The second-order valence-electron chi connectivity index (χ2n) is 5.83. The maximum Gasteiger partial charge on any atom is 0.309 e. The van der Waals surface area contributed by atoms with Crippen molar-refractivity contribution >= 4 is 11.9 Å². The third kappa shape index (κ3) is 2.30. The van der Waals surface area contributed by atoms with E-state index < -0.39 is 11.4 Å². The molecule has 110 valence electrons. The third-order valence-corrected chi connectivity index (χ3v) is 4.39. The number of likely N-dealkylation sites (tertiary alicyclic amines) is 1. The number of nitrogens with zero attached hydrogens (tertiary/aromatic N) is 3. The molecule has 0 atom stereocenters. The molecule has 0 aliphatic carbocycles. The number of aryl methyl sites for hydroxylation is 2. The summed E-state index contributed by atoms with van der Waals surface area (Å²) < 4.78 is 1.70. The number of carboxylic acids is 1. The minimum absolute atomic E-state index is 0.0412. The summed E-state index contributed by atoms with van der Waals surface area (Å²) in [6.07, 6.45) is 0.985. The molecule has 1 aromatic rings. The van der Waals surface area contributed by atoms with Crippen LogP contribution in [0.3, 0.4) is 0 Å². The van der Waals surface area contributed by atoms with Crippen LogP contribution in [0.5, 0.6) is 0 Å². The van der Waals surface area contributed by atoms with Gasteiger partial charge in [0, 0.05) is 25.8 Å². The first-order valence-corrected chi connectivity index (χ1v) is 6.79. The third-order valence-electron chi connectivity index (χ3n) is 4.39. The predicted molar refractivity (Wildman–Crippen MR) is 73.6 cm³/mol. The zero-order chi connectivity index (χ0) is 15.1. The van der Waals surface area contributed by atoms with Crippen LogP contribution >= 0.6 is 0 Å². The molecule has 2 rings (SSSR count). The lowest BCUT2D eigenvalue weighted by Crippen LogP contribution is -2.45. The van der Waals surface area contributed by atoms with Crippen molar-refractivity contribution < 1.29 is 14.7 Å². The Kier molecular flexibility index (Phi) is 3.58. The monoisotopic (exact) mass is 279 g/mol. The van der Waals surface area contributed by atoms with Crippen LogP contribution < -0.4 is 0 Å². The van der Waals surface area contributed by atoms with E-state index in [-0.39, 0.29) is 5.91 Å². The molecule has 1 amide bonds. The average molecular weight is 279 g/mol. The molecule has 0 bridgehead atoms. The number of carbonyl (C=O) groups is 2. The largest absolute Gasteiger partial charge is 0.481 e. The number of aromatic nitrogens is 2. The van der Waals surface area contributed by atoms with E-state index in [2.05, 4.69) is 5.10 Å². The number of carbonyl (C=O) groups excluding carboxylic acids is 1. The Morgan fingerprint density at radius 1 is 1.25 bits per heavy atom. The number of carboxylic acid groups (broad SMARTS) is 1. The van der Waals surface area contributed by atoms with Crippen molar-refractivity contribution in [1.82, 2.24) is 14.7 Å². The SMILES string of the molecule is Cc1nn(C)c(C)c1C(=O)N1CCC(C)(C(=O)O)CC1. The summed E-state index contributed by atoms with van der Waals surface area (Å²) in [5, 5.41) is 13.5. The Morgan fingerprint density at radius 2 is 1.80 bits per heavy atom. The van der Waals surface area contributed by atoms with E-state index in [0.717, 1.165) is 11.4 Å². The van der Waals surface area contributed by atoms with Crippen molar-refractivity contribution in [3.63, 3.8) is 0 Å². The minimum Gasteiger partial charge on any atom is -0.481 e. The van der Waals surface area contributed by atoms with E-state index in [4.69, 9.17) is 0 Å². The summed E-state index contributed by atoms with van der Waals surface area (Å²) in [5.41, 5.74) is 1.50. The molecule has 1 aliphatic rings. The van der Waals surface area contributed by atoms with Gasteiger partial charge in [0.25, 0.3) is 5.91 Å². The van der Waals surface area contributed by atoms with Crippen LogP contribution in [0, 0.1) is 19.3 Å². The Labute approximate surface area is 118 Å². The van der Waals surface area contributed by atoms with Gasteiger partial charge >= 0.3 is 5.97 Å². The van der Waals surface area contributed by atoms with E-state index in [1.165, 1.54) is 0 Å². The lowest BCUT2D eigenvalue weighted by atomic mass is 9.80. The normalized spacial score (nSPS) is 18.1. The van der Waals surface area contributed by atoms with Gasteiger partial charge in [-0.2, -0.15) is 5.10 Å². The molecule has 1 fully saturated rings. The van der Waals surface area contributed by atoms with Gasteiger partial charge in [-0.3, -0.25) is 14.3 Å². The fourth-order valence-corrected chi connectivity index (χ4v) is 2.66. The Balaban J connectivity index is 2.15. The van der Waals surface area contributed by atoms with E-state index in [1.54, 1.807) is 16.5 Å². The van der Waals surface area contributed by atoms with Crippen LogP contribution in [0.2, 0.25) is 0 Å². The van der Waals surface area contributed by atoms with Crippen molar-refractivity contribution in [2.75, 3.05) is 13.1 Å². The predicted octanol–water partition coefficient (Wildman–Crippen LogP) is 1.36. The fourth-order valence-electron chi connectivity index (χ4n) is 2.66.